The van der Waals surface area contributed by atoms with Gasteiger partial charge in [0, 0.05) is 0 Å². The van der Waals surface area contributed by atoms with E-state index in [0.717, 1.165) is 5.69 Å². The molecule has 0 saturated heterocycles. The highest BCUT2D eigenvalue weighted by atomic mass is 19.1. The fourth-order valence-corrected chi connectivity index (χ4v) is 1.41. The zero-order valence-corrected chi connectivity index (χ0v) is 8.26. The van der Waals surface area contributed by atoms with Crippen LogP contribution < -0.4 is 5.73 Å². The number of aromatic nitrogens is 3. The quantitative estimate of drug-likeness (QED) is 0.812. The Kier molecular flexibility index (Phi) is 2.37. The lowest BCUT2D eigenvalue weighted by atomic mass is 10.2. The molecule has 0 radical (unpaired) electrons. The third-order valence-corrected chi connectivity index (χ3v) is 2.25. The van der Waals surface area contributed by atoms with E-state index in [1.807, 2.05) is 6.92 Å². The molecule has 2 aromatic rings. The first-order chi connectivity index (χ1) is 7.18. The van der Waals surface area contributed by atoms with Crippen LogP contribution in [0.4, 0.5) is 10.2 Å². The maximum absolute atomic E-state index is 12.7. The van der Waals surface area contributed by atoms with Gasteiger partial charge in [0.15, 0.2) is 0 Å². The SMILES string of the molecule is CC(c1ccc(F)cn1)n1nccc1N. The van der Waals surface area contributed by atoms with Crippen molar-refractivity contribution in [1.29, 1.82) is 0 Å². The first kappa shape index (κ1) is 9.64. The summed E-state index contributed by atoms with van der Waals surface area (Å²) in [5.41, 5.74) is 6.44. The molecular weight excluding hydrogens is 195 g/mol. The fraction of sp³-hybridized carbons (Fsp3) is 0.200. The van der Waals surface area contributed by atoms with Gasteiger partial charge in [-0.1, -0.05) is 0 Å². The molecule has 0 aliphatic carbocycles. The molecule has 2 N–H and O–H groups in total. The number of rotatable bonds is 2. The summed E-state index contributed by atoms with van der Waals surface area (Å²) in [6, 6.07) is 4.61. The number of hydrogen-bond donors (Lipinski definition) is 1. The second-order valence-corrected chi connectivity index (χ2v) is 3.28. The number of hydrogen-bond acceptors (Lipinski definition) is 3. The largest absolute Gasteiger partial charge is 0.384 e. The van der Waals surface area contributed by atoms with Gasteiger partial charge in [-0.25, -0.2) is 9.07 Å². The molecule has 2 rings (SSSR count). The second-order valence-electron chi connectivity index (χ2n) is 3.28. The lowest BCUT2D eigenvalue weighted by molar-refractivity contribution is 0.552. The van der Waals surface area contributed by atoms with Crippen LogP contribution in [-0.4, -0.2) is 14.8 Å². The molecule has 0 bridgehead atoms. The Morgan fingerprint density at radius 2 is 2.20 bits per heavy atom. The number of halogens is 1. The van der Waals surface area contributed by atoms with Gasteiger partial charge in [0.1, 0.15) is 11.6 Å². The van der Waals surface area contributed by atoms with Gasteiger partial charge in [-0.05, 0) is 25.1 Å². The van der Waals surface area contributed by atoms with Gasteiger partial charge in [0.05, 0.1) is 24.1 Å². The predicted molar refractivity (Wildman–Crippen MR) is 54.6 cm³/mol. The van der Waals surface area contributed by atoms with Gasteiger partial charge in [0.2, 0.25) is 0 Å². The van der Waals surface area contributed by atoms with E-state index in [2.05, 4.69) is 10.1 Å². The van der Waals surface area contributed by atoms with Crippen molar-refractivity contribution in [2.45, 2.75) is 13.0 Å². The van der Waals surface area contributed by atoms with Gasteiger partial charge >= 0.3 is 0 Å². The van der Waals surface area contributed by atoms with Crippen LogP contribution in [0.25, 0.3) is 0 Å². The summed E-state index contributed by atoms with van der Waals surface area (Å²) in [6.07, 6.45) is 2.81. The van der Waals surface area contributed by atoms with E-state index in [-0.39, 0.29) is 11.9 Å². The van der Waals surface area contributed by atoms with E-state index in [4.69, 9.17) is 5.73 Å². The molecule has 0 spiro atoms. The fourth-order valence-electron chi connectivity index (χ4n) is 1.41. The third kappa shape index (κ3) is 1.81. The van der Waals surface area contributed by atoms with Crippen molar-refractivity contribution in [2.75, 3.05) is 5.73 Å². The molecule has 0 aliphatic heterocycles. The smallest absolute Gasteiger partial charge is 0.141 e. The topological polar surface area (TPSA) is 56.7 Å². The minimum absolute atomic E-state index is 0.0967. The third-order valence-electron chi connectivity index (χ3n) is 2.25. The molecule has 5 heteroatoms. The minimum atomic E-state index is -0.348. The van der Waals surface area contributed by atoms with Crippen LogP contribution in [0.5, 0.6) is 0 Å². The summed E-state index contributed by atoms with van der Waals surface area (Å²) in [6.45, 7) is 1.91. The van der Waals surface area contributed by atoms with Crippen molar-refractivity contribution in [1.82, 2.24) is 14.8 Å². The Hall–Kier alpha value is -1.91. The molecular formula is C10H11FN4. The van der Waals surface area contributed by atoms with Gasteiger partial charge in [0.25, 0.3) is 0 Å². The summed E-state index contributed by atoms with van der Waals surface area (Å²) in [7, 11) is 0. The van der Waals surface area contributed by atoms with E-state index < -0.39 is 0 Å². The number of nitrogen functional groups attached to an aromatic ring is 1. The van der Waals surface area contributed by atoms with Crippen molar-refractivity contribution in [3.8, 4) is 0 Å². The molecule has 15 heavy (non-hydrogen) atoms. The van der Waals surface area contributed by atoms with E-state index in [1.165, 1.54) is 12.3 Å². The van der Waals surface area contributed by atoms with Crippen LogP contribution in [0.2, 0.25) is 0 Å². The van der Waals surface area contributed by atoms with E-state index in [0.29, 0.717) is 5.82 Å². The monoisotopic (exact) mass is 206 g/mol. The van der Waals surface area contributed by atoms with Crippen molar-refractivity contribution in [3.63, 3.8) is 0 Å². The number of nitrogens with zero attached hydrogens (tertiary/aromatic N) is 3. The van der Waals surface area contributed by atoms with Crippen molar-refractivity contribution in [3.05, 3.63) is 42.1 Å². The summed E-state index contributed by atoms with van der Waals surface area (Å²) in [5, 5.41) is 4.07. The van der Waals surface area contributed by atoms with Gasteiger partial charge in [-0.2, -0.15) is 5.10 Å². The molecule has 2 heterocycles. The Bertz CT molecular complexity index is 449. The molecule has 4 nitrogen and oxygen atoms in total. The van der Waals surface area contributed by atoms with Crippen molar-refractivity contribution in [2.24, 2.45) is 0 Å². The molecule has 0 amide bonds. The summed E-state index contributed by atoms with van der Waals surface area (Å²) >= 11 is 0. The Morgan fingerprint density at radius 1 is 1.40 bits per heavy atom. The van der Waals surface area contributed by atoms with Crippen LogP contribution in [0.1, 0.15) is 18.7 Å². The maximum atomic E-state index is 12.7. The molecule has 0 saturated carbocycles. The zero-order valence-electron chi connectivity index (χ0n) is 8.26. The average molecular weight is 206 g/mol. The van der Waals surface area contributed by atoms with Gasteiger partial charge < -0.3 is 5.73 Å². The Labute approximate surface area is 86.6 Å². The van der Waals surface area contributed by atoms with Crippen molar-refractivity contribution >= 4 is 5.82 Å². The summed E-state index contributed by atoms with van der Waals surface area (Å²) in [5.74, 6) is 0.216. The molecule has 0 aromatic carbocycles. The lowest BCUT2D eigenvalue weighted by Gasteiger charge is -2.12. The second kappa shape index (κ2) is 3.68. The van der Waals surface area contributed by atoms with Crippen molar-refractivity contribution < 1.29 is 4.39 Å². The Balaban J connectivity index is 2.32. The molecule has 2 aromatic heterocycles. The maximum Gasteiger partial charge on any atom is 0.141 e. The highest BCUT2D eigenvalue weighted by Gasteiger charge is 2.11. The lowest BCUT2D eigenvalue weighted by Crippen LogP contribution is -2.12. The summed E-state index contributed by atoms with van der Waals surface area (Å²) < 4.78 is 14.3. The van der Waals surface area contributed by atoms with Gasteiger partial charge in [-0.3, -0.25) is 4.98 Å². The molecule has 0 fully saturated rings. The minimum Gasteiger partial charge on any atom is -0.384 e. The first-order valence-corrected chi connectivity index (χ1v) is 4.59. The van der Waals surface area contributed by atoms with Gasteiger partial charge in [-0.15, -0.1) is 0 Å². The van der Waals surface area contributed by atoms with Crippen LogP contribution in [0.15, 0.2) is 30.6 Å². The van der Waals surface area contributed by atoms with Crippen LogP contribution in [-0.2, 0) is 0 Å². The first-order valence-electron chi connectivity index (χ1n) is 4.59. The standard InChI is InChI=1S/C10H11FN4/c1-7(15-10(12)4-5-14-15)9-3-2-8(11)6-13-9/h2-7H,12H2,1H3. The molecule has 1 atom stereocenters. The van der Waals surface area contributed by atoms with E-state index >= 15 is 0 Å². The highest BCUT2D eigenvalue weighted by molar-refractivity contribution is 5.28. The highest BCUT2D eigenvalue weighted by Crippen LogP contribution is 2.17. The Morgan fingerprint density at radius 3 is 2.73 bits per heavy atom. The molecule has 78 valence electrons. The van der Waals surface area contributed by atoms with E-state index in [1.54, 1.807) is 23.0 Å². The summed E-state index contributed by atoms with van der Waals surface area (Å²) in [4.78, 5) is 3.98. The van der Waals surface area contributed by atoms with Crippen LogP contribution in [0.3, 0.4) is 0 Å². The molecule has 1 unspecified atom stereocenters. The normalized spacial score (nSPS) is 12.7. The zero-order chi connectivity index (χ0) is 10.8. The van der Waals surface area contributed by atoms with Crippen LogP contribution in [0, 0.1) is 5.82 Å². The molecule has 0 aliphatic rings. The average Bonchev–Trinajstić information content (AvgIpc) is 2.65. The van der Waals surface area contributed by atoms with Crippen LogP contribution >= 0.6 is 0 Å². The number of nitrogens with two attached hydrogens (primary N) is 1. The number of anilines is 1. The van der Waals surface area contributed by atoms with E-state index in [9.17, 15) is 4.39 Å². The number of pyridine rings is 1. The predicted octanol–water partition coefficient (Wildman–Crippen LogP) is 1.61.